The zero-order valence-electron chi connectivity index (χ0n) is 26.9. The molecule has 0 spiro atoms. The number of anilines is 3. The van der Waals surface area contributed by atoms with E-state index in [1.165, 1.54) is 0 Å². The molecule has 0 unspecified atom stereocenters. The predicted molar refractivity (Wildman–Crippen MR) is 175 cm³/mol. The molecule has 238 valence electrons. The van der Waals surface area contributed by atoms with E-state index in [9.17, 15) is 14.4 Å². The Morgan fingerprint density at radius 3 is 2.33 bits per heavy atom. The van der Waals surface area contributed by atoms with E-state index in [1.807, 2.05) is 60.4 Å². The number of aromatic nitrogens is 1. The van der Waals surface area contributed by atoms with E-state index in [-0.39, 0.29) is 17.7 Å². The maximum absolute atomic E-state index is 13.2. The Hall–Kier alpha value is -4.44. The van der Waals surface area contributed by atoms with Crippen LogP contribution in [0.5, 0.6) is 11.5 Å². The molecule has 0 N–H and O–H groups in total. The minimum atomic E-state index is -1.16. The number of benzene rings is 2. The Kier molecular flexibility index (Phi) is 9.72. The van der Waals surface area contributed by atoms with Crippen molar-refractivity contribution in [3.8, 4) is 11.5 Å². The number of nitrogens with zero attached hydrogens (tertiary/aromatic N) is 5. The summed E-state index contributed by atoms with van der Waals surface area (Å²) in [4.78, 5) is 50.9. The number of methoxy groups -OCH3 is 1. The molecule has 1 aromatic heterocycles. The molecule has 0 radical (unpaired) electrons. The first-order valence-electron chi connectivity index (χ1n) is 15.6. The molecule has 0 bridgehead atoms. The van der Waals surface area contributed by atoms with E-state index in [2.05, 4.69) is 9.88 Å². The quantitative estimate of drug-likeness (QED) is 0.216. The van der Waals surface area contributed by atoms with Gasteiger partial charge in [0.05, 0.1) is 25.1 Å². The average Bonchev–Trinajstić information content (AvgIpc) is 3.10. The van der Waals surface area contributed by atoms with Crippen molar-refractivity contribution >= 4 is 34.8 Å². The molecule has 0 saturated carbocycles. The SMILES string of the molecule is CCN1C(=O)C(C)(C)C(=O)N(C)c2cc(OCCCN(CCN3C(=O)CCc4cc(OC)ccc43)Cc3ccncc3)ccc21. The van der Waals surface area contributed by atoms with Gasteiger partial charge < -0.3 is 24.2 Å². The minimum absolute atomic E-state index is 0.137. The van der Waals surface area contributed by atoms with Crippen LogP contribution >= 0.6 is 0 Å². The molecular formula is C35H43N5O5. The second kappa shape index (κ2) is 13.7. The van der Waals surface area contributed by atoms with E-state index >= 15 is 0 Å². The van der Waals surface area contributed by atoms with Gasteiger partial charge in [-0.05, 0) is 87.2 Å². The van der Waals surface area contributed by atoms with Crippen molar-refractivity contribution in [1.82, 2.24) is 9.88 Å². The van der Waals surface area contributed by atoms with Crippen LogP contribution in [0.25, 0.3) is 0 Å². The van der Waals surface area contributed by atoms with Gasteiger partial charge >= 0.3 is 0 Å². The third-order valence-corrected chi connectivity index (χ3v) is 8.70. The molecule has 0 aliphatic carbocycles. The zero-order chi connectivity index (χ0) is 32.1. The molecule has 45 heavy (non-hydrogen) atoms. The lowest BCUT2D eigenvalue weighted by Crippen LogP contribution is -2.47. The molecule has 2 aliphatic rings. The molecule has 0 fully saturated rings. The molecule has 0 saturated heterocycles. The maximum Gasteiger partial charge on any atom is 0.242 e. The number of pyridine rings is 1. The highest BCUT2D eigenvalue weighted by Gasteiger charge is 2.45. The number of carbonyl (C=O) groups is 3. The Morgan fingerprint density at radius 1 is 0.867 bits per heavy atom. The van der Waals surface area contributed by atoms with Gasteiger partial charge in [0.1, 0.15) is 16.9 Å². The molecule has 2 aliphatic heterocycles. The first-order valence-corrected chi connectivity index (χ1v) is 15.6. The van der Waals surface area contributed by atoms with Crippen molar-refractivity contribution in [3.05, 3.63) is 72.1 Å². The molecule has 5 rings (SSSR count). The van der Waals surface area contributed by atoms with Crippen LogP contribution in [0.1, 0.15) is 44.7 Å². The van der Waals surface area contributed by atoms with Crippen LogP contribution in [0.15, 0.2) is 60.9 Å². The predicted octanol–water partition coefficient (Wildman–Crippen LogP) is 4.70. The van der Waals surface area contributed by atoms with Gasteiger partial charge in [0, 0.05) is 70.3 Å². The third-order valence-electron chi connectivity index (χ3n) is 8.70. The van der Waals surface area contributed by atoms with E-state index in [0.29, 0.717) is 49.8 Å². The molecule has 0 atom stereocenters. The summed E-state index contributed by atoms with van der Waals surface area (Å²) < 4.78 is 11.6. The smallest absolute Gasteiger partial charge is 0.242 e. The monoisotopic (exact) mass is 613 g/mol. The number of ether oxygens (including phenoxy) is 2. The molecule has 10 heteroatoms. The van der Waals surface area contributed by atoms with Gasteiger partial charge in [-0.2, -0.15) is 0 Å². The molecule has 10 nitrogen and oxygen atoms in total. The summed E-state index contributed by atoms with van der Waals surface area (Å²) in [5.41, 5.74) is 3.44. The van der Waals surface area contributed by atoms with Crippen LogP contribution in [0.4, 0.5) is 17.1 Å². The van der Waals surface area contributed by atoms with Crippen molar-refractivity contribution in [1.29, 1.82) is 0 Å². The van der Waals surface area contributed by atoms with Crippen molar-refractivity contribution in [2.75, 3.05) is 61.6 Å². The molecular weight excluding hydrogens is 570 g/mol. The summed E-state index contributed by atoms with van der Waals surface area (Å²) in [5.74, 6) is 1.12. The Morgan fingerprint density at radius 2 is 1.60 bits per heavy atom. The molecule has 3 amide bonds. The van der Waals surface area contributed by atoms with Crippen LogP contribution in [-0.2, 0) is 27.3 Å². The van der Waals surface area contributed by atoms with E-state index in [1.54, 1.807) is 50.2 Å². The topological polar surface area (TPSA) is 95.5 Å². The summed E-state index contributed by atoms with van der Waals surface area (Å²) in [7, 11) is 3.36. The van der Waals surface area contributed by atoms with Gasteiger partial charge in [0.25, 0.3) is 0 Å². The lowest BCUT2D eigenvalue weighted by molar-refractivity contribution is -0.137. The summed E-state index contributed by atoms with van der Waals surface area (Å²) in [5, 5.41) is 0. The zero-order valence-corrected chi connectivity index (χ0v) is 26.9. The van der Waals surface area contributed by atoms with Gasteiger partial charge in [0.2, 0.25) is 17.7 Å². The van der Waals surface area contributed by atoms with Crippen molar-refractivity contribution in [2.24, 2.45) is 5.41 Å². The van der Waals surface area contributed by atoms with E-state index in [0.717, 1.165) is 48.5 Å². The highest BCUT2D eigenvalue weighted by molar-refractivity contribution is 6.20. The summed E-state index contributed by atoms with van der Waals surface area (Å²) in [6, 6.07) is 15.5. The fourth-order valence-electron chi connectivity index (χ4n) is 6.12. The highest BCUT2D eigenvalue weighted by atomic mass is 16.5. The van der Waals surface area contributed by atoms with Crippen LogP contribution in [-0.4, -0.2) is 74.5 Å². The fraction of sp³-hybridized carbons (Fsp3) is 0.429. The van der Waals surface area contributed by atoms with Crippen molar-refractivity contribution in [3.63, 3.8) is 0 Å². The number of hydrogen-bond acceptors (Lipinski definition) is 7. The van der Waals surface area contributed by atoms with Crippen LogP contribution in [0.3, 0.4) is 0 Å². The maximum atomic E-state index is 13.2. The first kappa shape index (κ1) is 32.0. The molecule has 3 aromatic rings. The van der Waals surface area contributed by atoms with Crippen LogP contribution < -0.4 is 24.2 Å². The number of carbonyl (C=O) groups excluding carboxylic acids is 3. The van der Waals surface area contributed by atoms with Crippen molar-refractivity contribution in [2.45, 2.75) is 46.6 Å². The van der Waals surface area contributed by atoms with Crippen molar-refractivity contribution < 1.29 is 23.9 Å². The van der Waals surface area contributed by atoms with Gasteiger partial charge in [-0.1, -0.05) is 0 Å². The number of rotatable bonds is 12. The summed E-state index contributed by atoms with van der Waals surface area (Å²) in [6.07, 6.45) is 5.55. The van der Waals surface area contributed by atoms with Gasteiger partial charge in [-0.15, -0.1) is 0 Å². The number of fused-ring (bicyclic) bond motifs is 2. The minimum Gasteiger partial charge on any atom is -0.497 e. The first-order chi connectivity index (χ1) is 21.6. The second-order valence-corrected chi connectivity index (χ2v) is 12.1. The number of aryl methyl sites for hydroxylation is 1. The van der Waals surface area contributed by atoms with E-state index in [4.69, 9.17) is 9.47 Å². The van der Waals surface area contributed by atoms with Gasteiger partial charge in [-0.25, -0.2) is 0 Å². The van der Waals surface area contributed by atoms with Gasteiger partial charge in [0.15, 0.2) is 0 Å². The van der Waals surface area contributed by atoms with E-state index < -0.39 is 5.41 Å². The Bertz CT molecular complexity index is 1540. The standard InChI is InChI=1S/C35H43N5O5/c1-6-39-30-12-10-28(23-31(30)37(4)33(42)35(2,3)34(39)43)45-21-7-18-38(24-25-14-16-36-17-15-25)19-20-40-29-11-9-27(44-5)22-26(29)8-13-32(40)41/h9-12,14-17,22-23H,6-8,13,18-21,24H2,1-5H3. The average molecular weight is 614 g/mol. The fourth-order valence-corrected chi connectivity index (χ4v) is 6.12. The summed E-state index contributed by atoms with van der Waals surface area (Å²) in [6.45, 7) is 8.96. The Labute approximate surface area is 265 Å². The highest BCUT2D eigenvalue weighted by Crippen LogP contribution is 2.40. The Balaban J connectivity index is 1.25. The van der Waals surface area contributed by atoms with Crippen LogP contribution in [0, 0.1) is 5.41 Å². The largest absolute Gasteiger partial charge is 0.497 e. The lowest BCUT2D eigenvalue weighted by Gasteiger charge is -2.32. The third kappa shape index (κ3) is 6.81. The normalized spacial score (nSPS) is 16.0. The molecule has 2 aromatic carbocycles. The lowest BCUT2D eigenvalue weighted by atomic mass is 9.90. The molecule has 3 heterocycles. The second-order valence-electron chi connectivity index (χ2n) is 12.1. The number of amides is 3. The van der Waals surface area contributed by atoms with Crippen LogP contribution in [0.2, 0.25) is 0 Å². The summed E-state index contributed by atoms with van der Waals surface area (Å²) >= 11 is 0. The van der Waals surface area contributed by atoms with Gasteiger partial charge in [-0.3, -0.25) is 24.3 Å². The number of hydrogen-bond donors (Lipinski definition) is 0.